The fraction of sp³-hybridized carbons (Fsp3) is 0.143. The minimum absolute atomic E-state index is 0.0918. The quantitative estimate of drug-likeness (QED) is 0.731. The molecule has 3 nitrogen and oxygen atoms in total. The van der Waals surface area contributed by atoms with Gasteiger partial charge < -0.3 is 15.3 Å². The van der Waals surface area contributed by atoms with Gasteiger partial charge in [-0.15, -0.1) is 0 Å². The lowest BCUT2D eigenvalue weighted by molar-refractivity contribution is 0.216. The predicted molar refractivity (Wildman–Crippen MR) is 66.6 cm³/mol. The zero-order valence-corrected chi connectivity index (χ0v) is 9.24. The minimum Gasteiger partial charge on any atom is -0.508 e. The first-order valence-corrected chi connectivity index (χ1v) is 5.40. The summed E-state index contributed by atoms with van der Waals surface area (Å²) in [6.07, 6.45) is 6.63. The number of aromatic hydroxyl groups is 1. The zero-order valence-electron chi connectivity index (χ0n) is 9.24. The number of hydrogen-bond donors (Lipinski definition) is 3. The second-order valence-corrected chi connectivity index (χ2v) is 4.01. The van der Waals surface area contributed by atoms with E-state index in [0.717, 1.165) is 11.1 Å². The van der Waals surface area contributed by atoms with E-state index in [0.29, 0.717) is 6.42 Å². The van der Waals surface area contributed by atoms with E-state index in [4.69, 9.17) is 5.11 Å². The summed E-state index contributed by atoms with van der Waals surface area (Å²) in [6.45, 7) is 0. The van der Waals surface area contributed by atoms with Crippen LogP contribution in [-0.4, -0.2) is 21.4 Å². The Morgan fingerprint density at radius 3 is 2.41 bits per heavy atom. The van der Waals surface area contributed by atoms with Crippen molar-refractivity contribution in [2.24, 2.45) is 0 Å². The first-order valence-electron chi connectivity index (χ1n) is 5.40. The van der Waals surface area contributed by atoms with Gasteiger partial charge in [0.05, 0.1) is 6.10 Å². The average molecular weight is 230 g/mol. The van der Waals surface area contributed by atoms with E-state index < -0.39 is 6.10 Å². The number of phenolic OH excluding ortho intramolecular Hbond substituents is 1. The molecule has 0 bridgehead atoms. The monoisotopic (exact) mass is 230 g/mol. The Bertz CT molecular complexity index is 481. The molecule has 1 unspecified atom stereocenters. The van der Waals surface area contributed by atoms with Crippen LogP contribution in [0.5, 0.6) is 5.75 Å². The van der Waals surface area contributed by atoms with E-state index in [1.165, 1.54) is 6.08 Å². The lowest BCUT2D eigenvalue weighted by atomic mass is 10.0. The van der Waals surface area contributed by atoms with Crippen LogP contribution in [0.2, 0.25) is 0 Å². The Labute approximate surface area is 99.7 Å². The van der Waals surface area contributed by atoms with Crippen molar-refractivity contribution in [3.8, 4) is 5.75 Å². The van der Waals surface area contributed by atoms with Crippen molar-refractivity contribution in [1.82, 2.24) is 0 Å². The minimum atomic E-state index is -0.625. The van der Waals surface area contributed by atoms with Gasteiger partial charge in [-0.05, 0) is 35.4 Å². The molecular weight excluding hydrogens is 216 g/mol. The summed E-state index contributed by atoms with van der Waals surface area (Å²) in [6, 6.07) is 6.81. The lowest BCUT2D eigenvalue weighted by Gasteiger charge is -2.12. The van der Waals surface area contributed by atoms with Gasteiger partial charge in [0.1, 0.15) is 11.5 Å². The van der Waals surface area contributed by atoms with Crippen molar-refractivity contribution in [2.45, 2.75) is 12.5 Å². The normalized spacial score (nSPS) is 20.2. The van der Waals surface area contributed by atoms with Gasteiger partial charge in [0.25, 0.3) is 0 Å². The summed E-state index contributed by atoms with van der Waals surface area (Å²) in [5, 5.41) is 27.9. The molecule has 17 heavy (non-hydrogen) atoms. The molecule has 3 N–H and O–H groups in total. The third kappa shape index (κ3) is 3.23. The topological polar surface area (TPSA) is 60.7 Å². The molecule has 0 saturated heterocycles. The fourth-order valence-electron chi connectivity index (χ4n) is 1.70. The standard InChI is InChI=1S/C14H14O3/c15-12-5-3-10(4-6-12)1-2-11-7-13(16)9-14(17)8-11/h1-7,9,14-17H,8H2. The summed E-state index contributed by atoms with van der Waals surface area (Å²) < 4.78 is 0. The van der Waals surface area contributed by atoms with E-state index in [-0.39, 0.29) is 11.5 Å². The molecule has 0 saturated carbocycles. The van der Waals surface area contributed by atoms with Gasteiger partial charge in [0.15, 0.2) is 0 Å². The number of rotatable bonds is 2. The van der Waals surface area contributed by atoms with E-state index in [2.05, 4.69) is 0 Å². The van der Waals surface area contributed by atoms with Crippen LogP contribution in [0.25, 0.3) is 6.08 Å². The molecule has 0 amide bonds. The Morgan fingerprint density at radius 2 is 1.76 bits per heavy atom. The van der Waals surface area contributed by atoms with Crippen molar-refractivity contribution >= 4 is 6.08 Å². The molecule has 0 aromatic heterocycles. The van der Waals surface area contributed by atoms with E-state index in [1.807, 2.05) is 12.2 Å². The van der Waals surface area contributed by atoms with Crippen LogP contribution >= 0.6 is 0 Å². The fourth-order valence-corrected chi connectivity index (χ4v) is 1.70. The molecule has 0 heterocycles. The van der Waals surface area contributed by atoms with Crippen molar-refractivity contribution in [3.63, 3.8) is 0 Å². The lowest BCUT2D eigenvalue weighted by Crippen LogP contribution is -2.08. The predicted octanol–water partition coefficient (Wildman–Crippen LogP) is 2.54. The van der Waals surface area contributed by atoms with Crippen LogP contribution in [0, 0.1) is 0 Å². The molecular formula is C14H14O3. The molecule has 0 aliphatic heterocycles. The van der Waals surface area contributed by atoms with Gasteiger partial charge in [0.2, 0.25) is 0 Å². The molecule has 0 radical (unpaired) electrons. The Morgan fingerprint density at radius 1 is 1.06 bits per heavy atom. The van der Waals surface area contributed by atoms with Gasteiger partial charge in [0, 0.05) is 6.42 Å². The largest absolute Gasteiger partial charge is 0.508 e. The summed E-state index contributed by atoms with van der Waals surface area (Å²) in [5.41, 5.74) is 1.82. The molecule has 1 aliphatic rings. The van der Waals surface area contributed by atoms with Crippen LogP contribution in [0.3, 0.4) is 0 Å². The highest BCUT2D eigenvalue weighted by atomic mass is 16.3. The molecule has 3 heteroatoms. The number of benzene rings is 1. The van der Waals surface area contributed by atoms with E-state index >= 15 is 0 Å². The van der Waals surface area contributed by atoms with Crippen molar-refractivity contribution < 1.29 is 15.3 Å². The molecule has 0 spiro atoms. The second kappa shape index (κ2) is 4.89. The van der Waals surface area contributed by atoms with Gasteiger partial charge in [-0.3, -0.25) is 0 Å². The molecule has 1 aromatic carbocycles. The third-order valence-corrected chi connectivity index (χ3v) is 2.52. The summed E-state index contributed by atoms with van der Waals surface area (Å²) in [4.78, 5) is 0. The highest BCUT2D eigenvalue weighted by Gasteiger charge is 2.09. The Hall–Kier alpha value is -2.00. The number of phenols is 1. The first-order chi connectivity index (χ1) is 8.13. The molecule has 88 valence electrons. The SMILES string of the molecule is OC1=CC(O)CC(C=Cc2ccc(O)cc2)=C1. The molecule has 1 atom stereocenters. The smallest absolute Gasteiger partial charge is 0.115 e. The summed E-state index contributed by atoms with van der Waals surface area (Å²) in [7, 11) is 0. The maximum Gasteiger partial charge on any atom is 0.115 e. The average Bonchev–Trinajstić information content (AvgIpc) is 2.27. The third-order valence-electron chi connectivity index (χ3n) is 2.52. The zero-order chi connectivity index (χ0) is 12.3. The maximum atomic E-state index is 9.44. The maximum absolute atomic E-state index is 9.44. The van der Waals surface area contributed by atoms with E-state index in [1.54, 1.807) is 30.3 Å². The summed E-state index contributed by atoms with van der Waals surface area (Å²) in [5.74, 6) is 0.323. The van der Waals surface area contributed by atoms with Gasteiger partial charge >= 0.3 is 0 Å². The van der Waals surface area contributed by atoms with Crippen LogP contribution < -0.4 is 0 Å². The molecule has 0 fully saturated rings. The highest BCUT2D eigenvalue weighted by molar-refractivity contribution is 5.54. The summed E-state index contributed by atoms with van der Waals surface area (Å²) >= 11 is 0. The highest BCUT2D eigenvalue weighted by Crippen LogP contribution is 2.19. The number of hydrogen-bond acceptors (Lipinski definition) is 3. The Kier molecular flexibility index (Phi) is 3.30. The van der Waals surface area contributed by atoms with Crippen molar-refractivity contribution in [2.75, 3.05) is 0 Å². The Balaban J connectivity index is 2.11. The van der Waals surface area contributed by atoms with Crippen molar-refractivity contribution in [1.29, 1.82) is 0 Å². The van der Waals surface area contributed by atoms with Gasteiger partial charge in [-0.1, -0.05) is 24.3 Å². The van der Waals surface area contributed by atoms with Crippen LogP contribution in [-0.2, 0) is 0 Å². The van der Waals surface area contributed by atoms with Crippen LogP contribution in [0.1, 0.15) is 12.0 Å². The number of aliphatic hydroxyl groups is 2. The van der Waals surface area contributed by atoms with Gasteiger partial charge in [-0.2, -0.15) is 0 Å². The molecule has 1 aliphatic carbocycles. The molecule has 2 rings (SSSR count). The number of aliphatic hydroxyl groups excluding tert-OH is 2. The van der Waals surface area contributed by atoms with Crippen LogP contribution in [0.4, 0.5) is 0 Å². The number of allylic oxidation sites excluding steroid dienone is 2. The first kappa shape index (κ1) is 11.5. The second-order valence-electron chi connectivity index (χ2n) is 4.01. The van der Waals surface area contributed by atoms with Crippen LogP contribution in [0.15, 0.2) is 53.8 Å². The van der Waals surface area contributed by atoms with Gasteiger partial charge in [-0.25, -0.2) is 0 Å². The van der Waals surface area contributed by atoms with E-state index in [9.17, 15) is 10.2 Å². The molecule has 1 aromatic rings. The van der Waals surface area contributed by atoms with Crippen molar-refractivity contribution in [3.05, 3.63) is 59.4 Å².